The van der Waals surface area contributed by atoms with Gasteiger partial charge in [-0.1, -0.05) is 51.8 Å². The van der Waals surface area contributed by atoms with Crippen LogP contribution in [0.2, 0.25) is 5.02 Å². The summed E-state index contributed by atoms with van der Waals surface area (Å²) in [6.07, 6.45) is 2.23. The molecule has 0 amide bonds. The molecule has 0 fully saturated rings. The molecule has 2 aromatic rings. The first kappa shape index (κ1) is 15.4. The van der Waals surface area contributed by atoms with Crippen LogP contribution in [0, 0.1) is 0 Å². The zero-order valence-electron chi connectivity index (χ0n) is 12.5. The topological polar surface area (TPSA) is 32.3 Å². The Morgan fingerprint density at radius 2 is 1.95 bits per heavy atom. The Balaban J connectivity index is 2.14. The predicted octanol–water partition coefficient (Wildman–Crippen LogP) is 5.70. The van der Waals surface area contributed by atoms with E-state index >= 15 is 0 Å². The summed E-state index contributed by atoms with van der Waals surface area (Å²) < 4.78 is 0. The molecule has 1 heterocycles. The highest BCUT2D eigenvalue weighted by Crippen LogP contribution is 2.40. The highest BCUT2D eigenvalue weighted by atomic mass is 79.9. The van der Waals surface area contributed by atoms with Crippen molar-refractivity contribution in [1.82, 2.24) is 0 Å². The number of anilines is 1. The molecule has 4 heteroatoms. The molecule has 114 valence electrons. The fourth-order valence-corrected chi connectivity index (χ4v) is 3.54. The van der Waals surface area contributed by atoms with E-state index in [-0.39, 0.29) is 11.3 Å². The van der Waals surface area contributed by atoms with Crippen LogP contribution in [-0.2, 0) is 0 Å². The van der Waals surface area contributed by atoms with Crippen molar-refractivity contribution in [2.24, 2.45) is 0 Å². The van der Waals surface area contributed by atoms with Crippen LogP contribution in [0.5, 0.6) is 5.75 Å². The fourth-order valence-electron chi connectivity index (χ4n) is 2.84. The van der Waals surface area contributed by atoms with E-state index < -0.39 is 0 Å². The lowest BCUT2D eigenvalue weighted by atomic mass is 9.89. The summed E-state index contributed by atoms with van der Waals surface area (Å²) in [5.74, 6) is 0.104. The first-order valence-electron chi connectivity index (χ1n) is 7.09. The Bertz CT molecular complexity index is 768. The van der Waals surface area contributed by atoms with E-state index in [1.807, 2.05) is 12.1 Å². The van der Waals surface area contributed by atoms with Crippen LogP contribution in [0.4, 0.5) is 5.69 Å². The molecule has 0 aromatic heterocycles. The van der Waals surface area contributed by atoms with Crippen LogP contribution >= 0.6 is 27.5 Å². The maximum absolute atomic E-state index is 9.80. The van der Waals surface area contributed by atoms with Crippen molar-refractivity contribution in [3.8, 4) is 16.9 Å². The highest BCUT2D eigenvalue weighted by Gasteiger charge is 2.24. The van der Waals surface area contributed by atoms with Gasteiger partial charge in [-0.05, 0) is 43.2 Å². The van der Waals surface area contributed by atoms with E-state index in [1.54, 1.807) is 12.1 Å². The molecule has 0 saturated carbocycles. The SMILES string of the molecule is CC1(C)C=C(CBr)c2cc(-c3cccc(O)c3Cl)ccc2N1. The van der Waals surface area contributed by atoms with Crippen molar-refractivity contribution in [3.05, 3.63) is 53.1 Å². The third kappa shape index (κ3) is 2.75. The van der Waals surface area contributed by atoms with Crippen molar-refractivity contribution < 1.29 is 5.11 Å². The van der Waals surface area contributed by atoms with E-state index in [2.05, 4.69) is 53.3 Å². The van der Waals surface area contributed by atoms with Crippen LogP contribution in [-0.4, -0.2) is 16.0 Å². The van der Waals surface area contributed by atoms with Gasteiger partial charge in [0.15, 0.2) is 0 Å². The monoisotopic (exact) mass is 377 g/mol. The largest absolute Gasteiger partial charge is 0.506 e. The molecule has 2 N–H and O–H groups in total. The highest BCUT2D eigenvalue weighted by molar-refractivity contribution is 9.09. The normalized spacial score (nSPS) is 15.7. The number of fused-ring (bicyclic) bond motifs is 1. The van der Waals surface area contributed by atoms with Crippen LogP contribution in [0.3, 0.4) is 0 Å². The van der Waals surface area contributed by atoms with Gasteiger partial charge in [0.05, 0.1) is 10.6 Å². The van der Waals surface area contributed by atoms with E-state index in [0.717, 1.165) is 27.7 Å². The number of rotatable bonds is 2. The number of allylic oxidation sites excluding steroid dienone is 1. The molecule has 0 saturated heterocycles. The van der Waals surface area contributed by atoms with Gasteiger partial charge in [-0.2, -0.15) is 0 Å². The van der Waals surface area contributed by atoms with E-state index in [1.165, 1.54) is 5.57 Å². The lowest BCUT2D eigenvalue weighted by Gasteiger charge is -2.32. The summed E-state index contributed by atoms with van der Waals surface area (Å²) in [5, 5.41) is 14.5. The van der Waals surface area contributed by atoms with Gasteiger partial charge < -0.3 is 10.4 Å². The van der Waals surface area contributed by atoms with Gasteiger partial charge in [0, 0.05) is 22.1 Å². The first-order valence-corrected chi connectivity index (χ1v) is 8.59. The minimum absolute atomic E-state index is 0.0692. The first-order chi connectivity index (χ1) is 10.4. The minimum Gasteiger partial charge on any atom is -0.506 e. The van der Waals surface area contributed by atoms with Crippen molar-refractivity contribution in [2.45, 2.75) is 19.4 Å². The molecule has 0 aliphatic carbocycles. The average Bonchev–Trinajstić information content (AvgIpc) is 2.48. The predicted molar refractivity (Wildman–Crippen MR) is 98.0 cm³/mol. The van der Waals surface area contributed by atoms with Crippen LogP contribution in [0.1, 0.15) is 19.4 Å². The number of hydrogen-bond donors (Lipinski definition) is 2. The number of benzene rings is 2. The van der Waals surface area contributed by atoms with Crippen LogP contribution < -0.4 is 5.32 Å². The number of phenols is 1. The van der Waals surface area contributed by atoms with Crippen LogP contribution in [0.25, 0.3) is 16.7 Å². The summed E-state index contributed by atoms with van der Waals surface area (Å²) in [6, 6.07) is 11.5. The average molecular weight is 379 g/mol. The lowest BCUT2D eigenvalue weighted by Crippen LogP contribution is -2.31. The number of aromatic hydroxyl groups is 1. The maximum Gasteiger partial charge on any atom is 0.134 e. The summed E-state index contributed by atoms with van der Waals surface area (Å²) in [7, 11) is 0. The molecular formula is C18H17BrClNO. The van der Waals surface area contributed by atoms with Gasteiger partial charge in [0.2, 0.25) is 0 Å². The Morgan fingerprint density at radius 1 is 1.18 bits per heavy atom. The van der Waals surface area contributed by atoms with Gasteiger partial charge in [-0.25, -0.2) is 0 Å². The van der Waals surface area contributed by atoms with E-state index in [9.17, 15) is 5.11 Å². The molecule has 1 aliphatic heterocycles. The standard InChI is InChI=1S/C18H17BrClNO/c1-18(2)9-12(10-19)14-8-11(6-7-15(14)21-18)13-4-3-5-16(22)17(13)20/h3-9,21-22H,10H2,1-2H3. The van der Waals surface area contributed by atoms with Gasteiger partial charge in [-0.3, -0.25) is 0 Å². The zero-order chi connectivity index (χ0) is 15.9. The lowest BCUT2D eigenvalue weighted by molar-refractivity contribution is 0.476. The van der Waals surface area contributed by atoms with Gasteiger partial charge in [0.1, 0.15) is 5.75 Å². The summed E-state index contributed by atoms with van der Waals surface area (Å²) in [4.78, 5) is 0. The molecule has 22 heavy (non-hydrogen) atoms. The van der Waals surface area contributed by atoms with E-state index in [0.29, 0.717) is 5.02 Å². The maximum atomic E-state index is 9.80. The molecule has 2 nitrogen and oxygen atoms in total. The number of nitrogens with one attached hydrogen (secondary N) is 1. The molecule has 2 aromatic carbocycles. The number of alkyl halides is 1. The molecule has 0 radical (unpaired) electrons. The molecule has 3 rings (SSSR count). The molecule has 0 bridgehead atoms. The van der Waals surface area contributed by atoms with Gasteiger partial charge in [-0.15, -0.1) is 0 Å². The van der Waals surface area contributed by atoms with E-state index in [4.69, 9.17) is 11.6 Å². The third-order valence-electron chi connectivity index (χ3n) is 3.79. The van der Waals surface area contributed by atoms with Crippen molar-refractivity contribution in [3.63, 3.8) is 0 Å². The molecule has 0 atom stereocenters. The summed E-state index contributed by atoms with van der Waals surface area (Å²) in [6.45, 7) is 4.30. The Morgan fingerprint density at radius 3 is 2.68 bits per heavy atom. The van der Waals surface area contributed by atoms with Crippen molar-refractivity contribution >= 4 is 38.8 Å². The minimum atomic E-state index is -0.0692. The quantitative estimate of drug-likeness (QED) is 0.657. The third-order valence-corrected chi connectivity index (χ3v) is 4.79. The fraction of sp³-hybridized carbons (Fsp3) is 0.222. The second kappa shape index (κ2) is 5.64. The van der Waals surface area contributed by atoms with Gasteiger partial charge in [0.25, 0.3) is 0 Å². The molecule has 0 unspecified atom stereocenters. The molecular weight excluding hydrogens is 362 g/mol. The smallest absolute Gasteiger partial charge is 0.134 e. The number of hydrogen-bond acceptors (Lipinski definition) is 2. The second-order valence-electron chi connectivity index (χ2n) is 6.05. The number of halogens is 2. The molecule has 0 spiro atoms. The van der Waals surface area contributed by atoms with Crippen molar-refractivity contribution in [1.29, 1.82) is 0 Å². The van der Waals surface area contributed by atoms with Gasteiger partial charge >= 0.3 is 0 Å². The summed E-state index contributed by atoms with van der Waals surface area (Å²) in [5.41, 5.74) is 5.28. The summed E-state index contributed by atoms with van der Waals surface area (Å²) >= 11 is 9.81. The zero-order valence-corrected chi connectivity index (χ0v) is 14.8. The van der Waals surface area contributed by atoms with Crippen molar-refractivity contribution in [2.75, 3.05) is 10.6 Å². The van der Waals surface area contributed by atoms with Crippen LogP contribution in [0.15, 0.2) is 42.5 Å². The number of phenolic OH excluding ortho intramolecular Hbond substituents is 1. The Labute approximate surface area is 143 Å². The Kier molecular flexibility index (Phi) is 3.96. The Hall–Kier alpha value is -1.45. The molecule has 1 aliphatic rings. The second-order valence-corrected chi connectivity index (χ2v) is 6.99.